The average molecular weight is 353 g/mol. The highest BCUT2D eigenvalue weighted by Crippen LogP contribution is 2.20. The summed E-state index contributed by atoms with van der Waals surface area (Å²) in [5.74, 6) is -1.82. The van der Waals surface area contributed by atoms with Gasteiger partial charge in [-0.1, -0.05) is 12.1 Å². The van der Waals surface area contributed by atoms with E-state index in [2.05, 4.69) is 15.6 Å². The summed E-state index contributed by atoms with van der Waals surface area (Å²) in [5.41, 5.74) is 3.47. The fraction of sp³-hybridized carbons (Fsp3) is 0.100. The number of nitrogens with zero attached hydrogens (tertiary/aromatic N) is 1. The van der Waals surface area contributed by atoms with E-state index in [1.807, 2.05) is 32.0 Å². The molecule has 0 radical (unpaired) electrons. The largest absolute Gasteiger partial charge is 0.340 e. The van der Waals surface area contributed by atoms with Crippen LogP contribution in [0.15, 0.2) is 54.7 Å². The zero-order chi connectivity index (χ0) is 18.7. The summed E-state index contributed by atoms with van der Waals surface area (Å²) in [7, 11) is 0. The molecule has 132 valence electrons. The summed E-state index contributed by atoms with van der Waals surface area (Å²) in [4.78, 5) is 16.6. The normalized spacial score (nSPS) is 10.5. The molecule has 4 nitrogen and oxygen atoms in total. The van der Waals surface area contributed by atoms with E-state index in [1.54, 1.807) is 12.1 Å². The van der Waals surface area contributed by atoms with Crippen LogP contribution in [0.25, 0.3) is 0 Å². The smallest absolute Gasteiger partial charge is 0.255 e. The van der Waals surface area contributed by atoms with Crippen molar-refractivity contribution < 1.29 is 13.6 Å². The highest BCUT2D eigenvalue weighted by Gasteiger charge is 2.10. The lowest BCUT2D eigenvalue weighted by Crippen LogP contribution is -2.13. The maximum absolute atomic E-state index is 13.3. The molecule has 1 amide bonds. The number of hydrogen-bond acceptors (Lipinski definition) is 3. The second-order valence-corrected chi connectivity index (χ2v) is 5.96. The molecule has 0 fully saturated rings. The minimum absolute atomic E-state index is 0.283. The van der Waals surface area contributed by atoms with Gasteiger partial charge in [0.25, 0.3) is 5.91 Å². The summed E-state index contributed by atoms with van der Waals surface area (Å²) in [5, 5.41) is 5.72. The summed E-state index contributed by atoms with van der Waals surface area (Å²) in [6.07, 6.45) is 1.47. The Morgan fingerprint density at radius 1 is 0.962 bits per heavy atom. The number of hydrogen-bond donors (Lipinski definition) is 2. The van der Waals surface area contributed by atoms with Crippen molar-refractivity contribution in [3.63, 3.8) is 0 Å². The van der Waals surface area contributed by atoms with Gasteiger partial charge >= 0.3 is 0 Å². The van der Waals surface area contributed by atoms with Gasteiger partial charge in [0.05, 0.1) is 0 Å². The monoisotopic (exact) mass is 353 g/mol. The van der Waals surface area contributed by atoms with Crippen molar-refractivity contribution in [2.24, 2.45) is 0 Å². The summed E-state index contributed by atoms with van der Waals surface area (Å²) in [6, 6.07) is 12.4. The molecule has 6 heteroatoms. The van der Waals surface area contributed by atoms with Crippen LogP contribution in [0.5, 0.6) is 0 Å². The van der Waals surface area contributed by atoms with E-state index in [-0.39, 0.29) is 5.91 Å². The molecule has 1 heterocycles. The zero-order valence-corrected chi connectivity index (χ0v) is 14.3. The van der Waals surface area contributed by atoms with Crippen LogP contribution in [-0.2, 0) is 0 Å². The third kappa shape index (κ3) is 4.03. The predicted molar refractivity (Wildman–Crippen MR) is 97.7 cm³/mol. The molecule has 1 aromatic heterocycles. The number of aromatic nitrogens is 1. The molecule has 0 saturated carbocycles. The molecular formula is C20H17F2N3O. The van der Waals surface area contributed by atoms with E-state index in [1.165, 1.54) is 12.3 Å². The number of anilines is 3. The van der Waals surface area contributed by atoms with Gasteiger partial charge in [-0.15, -0.1) is 0 Å². The van der Waals surface area contributed by atoms with Gasteiger partial charge in [0.15, 0.2) is 11.6 Å². The number of rotatable bonds is 4. The van der Waals surface area contributed by atoms with Crippen molar-refractivity contribution in [2.75, 3.05) is 10.6 Å². The van der Waals surface area contributed by atoms with Gasteiger partial charge in [0.1, 0.15) is 5.82 Å². The molecule has 2 N–H and O–H groups in total. The SMILES string of the molecule is Cc1ccc(C)c(NC(=O)c2ccnc(Nc3ccc(F)c(F)c3)c2)c1. The van der Waals surface area contributed by atoms with Gasteiger partial charge in [-0.25, -0.2) is 13.8 Å². The lowest BCUT2D eigenvalue weighted by atomic mass is 10.1. The van der Waals surface area contributed by atoms with Crippen molar-refractivity contribution in [1.29, 1.82) is 0 Å². The molecule has 3 aromatic rings. The molecule has 0 bridgehead atoms. The van der Waals surface area contributed by atoms with Crippen LogP contribution in [0.2, 0.25) is 0 Å². The Labute approximate surface area is 149 Å². The second-order valence-electron chi connectivity index (χ2n) is 5.96. The van der Waals surface area contributed by atoms with Crippen molar-refractivity contribution >= 4 is 23.1 Å². The van der Waals surface area contributed by atoms with E-state index in [9.17, 15) is 13.6 Å². The molecule has 0 aliphatic rings. The minimum atomic E-state index is -0.959. The minimum Gasteiger partial charge on any atom is -0.340 e. The number of pyridine rings is 1. The highest BCUT2D eigenvalue weighted by molar-refractivity contribution is 6.05. The second kappa shape index (κ2) is 7.31. The summed E-state index contributed by atoms with van der Waals surface area (Å²) in [6.45, 7) is 3.86. The van der Waals surface area contributed by atoms with Gasteiger partial charge < -0.3 is 10.6 Å². The Morgan fingerprint density at radius 3 is 2.54 bits per heavy atom. The van der Waals surface area contributed by atoms with E-state index >= 15 is 0 Å². The Hall–Kier alpha value is -3.28. The first-order valence-electron chi connectivity index (χ1n) is 7.99. The Kier molecular flexibility index (Phi) is 4.93. The summed E-state index contributed by atoms with van der Waals surface area (Å²) < 4.78 is 26.3. The standard InChI is InChI=1S/C20H17F2N3O/c1-12-3-4-13(2)18(9-12)25-20(26)14-7-8-23-19(10-14)24-15-5-6-16(21)17(22)11-15/h3-11H,1-2H3,(H,23,24)(H,25,26). The quantitative estimate of drug-likeness (QED) is 0.696. The van der Waals surface area contributed by atoms with Crippen LogP contribution in [0.1, 0.15) is 21.5 Å². The molecule has 3 rings (SSSR count). The van der Waals surface area contributed by atoms with Crippen molar-refractivity contribution in [1.82, 2.24) is 4.98 Å². The van der Waals surface area contributed by atoms with Crippen LogP contribution in [0.3, 0.4) is 0 Å². The van der Waals surface area contributed by atoms with Crippen LogP contribution in [0, 0.1) is 25.5 Å². The number of amides is 1. The van der Waals surface area contributed by atoms with Crippen molar-refractivity contribution in [3.05, 3.63) is 83.1 Å². The Balaban J connectivity index is 1.78. The van der Waals surface area contributed by atoms with E-state index in [4.69, 9.17) is 0 Å². The zero-order valence-electron chi connectivity index (χ0n) is 14.3. The van der Waals surface area contributed by atoms with Crippen LogP contribution < -0.4 is 10.6 Å². The molecule has 0 unspecified atom stereocenters. The molecule has 0 aliphatic carbocycles. The van der Waals surface area contributed by atoms with Gasteiger partial charge in [-0.2, -0.15) is 0 Å². The third-order valence-electron chi connectivity index (χ3n) is 3.86. The van der Waals surface area contributed by atoms with Crippen molar-refractivity contribution in [2.45, 2.75) is 13.8 Å². The molecule has 2 aromatic carbocycles. The fourth-order valence-corrected chi connectivity index (χ4v) is 2.43. The maximum Gasteiger partial charge on any atom is 0.255 e. The van der Waals surface area contributed by atoms with E-state index in [0.29, 0.717) is 17.1 Å². The maximum atomic E-state index is 13.3. The predicted octanol–water partition coefficient (Wildman–Crippen LogP) is 4.97. The number of aryl methyl sites for hydroxylation is 2. The molecule has 0 saturated heterocycles. The topological polar surface area (TPSA) is 54.0 Å². The number of carbonyl (C=O) groups is 1. The molecule has 0 aliphatic heterocycles. The van der Waals surface area contributed by atoms with Crippen LogP contribution >= 0.6 is 0 Å². The molecular weight excluding hydrogens is 336 g/mol. The highest BCUT2D eigenvalue weighted by atomic mass is 19.2. The first kappa shape index (κ1) is 17.5. The lowest BCUT2D eigenvalue weighted by molar-refractivity contribution is 0.102. The van der Waals surface area contributed by atoms with Crippen molar-refractivity contribution in [3.8, 4) is 0 Å². The van der Waals surface area contributed by atoms with Crippen LogP contribution in [-0.4, -0.2) is 10.9 Å². The third-order valence-corrected chi connectivity index (χ3v) is 3.86. The van der Waals surface area contributed by atoms with Gasteiger partial charge in [0.2, 0.25) is 0 Å². The number of halogens is 2. The Morgan fingerprint density at radius 2 is 1.77 bits per heavy atom. The van der Waals surface area contributed by atoms with E-state index < -0.39 is 11.6 Å². The first-order valence-corrected chi connectivity index (χ1v) is 7.99. The first-order chi connectivity index (χ1) is 12.4. The van der Waals surface area contributed by atoms with Gasteiger partial charge in [0, 0.05) is 29.2 Å². The fourth-order valence-electron chi connectivity index (χ4n) is 2.43. The number of nitrogens with one attached hydrogen (secondary N) is 2. The van der Waals surface area contributed by atoms with Gasteiger partial charge in [-0.3, -0.25) is 4.79 Å². The molecule has 0 spiro atoms. The van der Waals surface area contributed by atoms with E-state index in [0.717, 1.165) is 28.9 Å². The Bertz CT molecular complexity index is 973. The summed E-state index contributed by atoms with van der Waals surface area (Å²) >= 11 is 0. The van der Waals surface area contributed by atoms with Crippen LogP contribution in [0.4, 0.5) is 26.0 Å². The van der Waals surface area contributed by atoms with Gasteiger partial charge in [-0.05, 0) is 55.3 Å². The average Bonchev–Trinajstić information content (AvgIpc) is 2.61. The number of benzene rings is 2. The molecule has 26 heavy (non-hydrogen) atoms. The number of carbonyl (C=O) groups excluding carboxylic acids is 1. The lowest BCUT2D eigenvalue weighted by Gasteiger charge is -2.11. The molecule has 0 atom stereocenters.